The number of hydrogen-bond acceptors (Lipinski definition) is 6. The van der Waals surface area contributed by atoms with Gasteiger partial charge in [0.05, 0.1) is 31.0 Å². The number of carbonyl (C=O) groups is 3. The molecule has 1 aromatic carbocycles. The van der Waals surface area contributed by atoms with Crippen molar-refractivity contribution in [3.8, 4) is 0 Å². The Bertz CT molecular complexity index is 857. The number of ketones is 1. The second-order valence-electron chi connectivity index (χ2n) is 6.78. The minimum absolute atomic E-state index is 0.00934. The van der Waals surface area contributed by atoms with Gasteiger partial charge in [0.1, 0.15) is 5.76 Å². The first-order valence-corrected chi connectivity index (χ1v) is 10.7. The number of nitrogens with two attached hydrogens (primary N) is 1. The van der Waals surface area contributed by atoms with E-state index >= 15 is 0 Å². The lowest BCUT2D eigenvalue weighted by Gasteiger charge is -2.23. The van der Waals surface area contributed by atoms with Crippen molar-refractivity contribution in [2.75, 3.05) is 11.5 Å². The average Bonchev–Trinajstić information content (AvgIpc) is 3.24. The van der Waals surface area contributed by atoms with Crippen LogP contribution >= 0.6 is 11.8 Å². The number of halogens is 3. The van der Waals surface area contributed by atoms with E-state index in [0.29, 0.717) is 12.2 Å². The van der Waals surface area contributed by atoms with Crippen LogP contribution in [0.4, 0.5) is 13.2 Å². The van der Waals surface area contributed by atoms with Crippen molar-refractivity contribution >= 4 is 29.4 Å². The number of Topliss-reactive ketones (excluding diaryl/α,β-unsaturated/α-hetero) is 1. The molecule has 0 bridgehead atoms. The van der Waals surface area contributed by atoms with Crippen LogP contribution in [0.15, 0.2) is 53.1 Å². The van der Waals surface area contributed by atoms with E-state index in [1.165, 1.54) is 6.26 Å². The van der Waals surface area contributed by atoms with Crippen LogP contribution in [0.3, 0.4) is 0 Å². The van der Waals surface area contributed by atoms with E-state index in [9.17, 15) is 27.6 Å². The predicted octanol–water partition coefficient (Wildman–Crippen LogP) is 3.35. The molecule has 0 aliphatic rings. The molecule has 0 fully saturated rings. The van der Waals surface area contributed by atoms with Crippen LogP contribution in [0.25, 0.3) is 0 Å². The Morgan fingerprint density at radius 3 is 2.42 bits per heavy atom. The van der Waals surface area contributed by atoms with Crippen LogP contribution in [0, 0.1) is 0 Å². The zero-order valence-corrected chi connectivity index (χ0v) is 17.5. The Hall–Kier alpha value is -2.59. The van der Waals surface area contributed by atoms with Crippen LogP contribution in [-0.4, -0.2) is 46.2 Å². The summed E-state index contributed by atoms with van der Waals surface area (Å²) in [5, 5.41) is 0. The molecule has 2 rings (SSSR count). The van der Waals surface area contributed by atoms with Crippen LogP contribution < -0.4 is 5.73 Å². The zero-order valence-electron chi connectivity index (χ0n) is 16.6. The number of amides is 2. The number of alkyl halides is 3. The average molecular weight is 456 g/mol. The van der Waals surface area contributed by atoms with E-state index in [2.05, 4.69) is 0 Å². The molecule has 2 amide bonds. The molecule has 168 valence electrons. The Morgan fingerprint density at radius 2 is 1.81 bits per heavy atom. The molecule has 0 aliphatic carbocycles. The molecule has 1 aromatic heterocycles. The minimum atomic E-state index is -4.84. The largest absolute Gasteiger partial charge is 0.467 e. The highest BCUT2D eigenvalue weighted by molar-refractivity contribution is 7.99. The molecule has 0 saturated heterocycles. The molecule has 31 heavy (non-hydrogen) atoms. The molecule has 1 atom stereocenters. The van der Waals surface area contributed by atoms with Crippen molar-refractivity contribution in [3.63, 3.8) is 0 Å². The van der Waals surface area contributed by atoms with Gasteiger partial charge in [-0.25, -0.2) is 0 Å². The number of hydrogen-bond donors (Lipinski definition) is 1. The van der Waals surface area contributed by atoms with Crippen molar-refractivity contribution in [1.29, 1.82) is 0 Å². The van der Waals surface area contributed by atoms with Gasteiger partial charge in [0.15, 0.2) is 0 Å². The predicted molar refractivity (Wildman–Crippen MR) is 110 cm³/mol. The molecular weight excluding hydrogens is 433 g/mol. The van der Waals surface area contributed by atoms with Gasteiger partial charge in [-0.3, -0.25) is 19.3 Å². The van der Waals surface area contributed by atoms with Gasteiger partial charge in [0.25, 0.3) is 0 Å². The molecule has 2 N–H and O–H groups in total. The van der Waals surface area contributed by atoms with Crippen LogP contribution in [0.5, 0.6) is 0 Å². The van der Waals surface area contributed by atoms with E-state index in [0.717, 1.165) is 22.2 Å². The van der Waals surface area contributed by atoms with Crippen molar-refractivity contribution < 1.29 is 32.0 Å². The topological polar surface area (TPSA) is 93.6 Å². The summed E-state index contributed by atoms with van der Waals surface area (Å²) in [5.74, 6) is -2.84. The van der Waals surface area contributed by atoms with Crippen molar-refractivity contribution in [2.45, 2.75) is 38.0 Å². The molecule has 6 nitrogen and oxygen atoms in total. The van der Waals surface area contributed by atoms with Gasteiger partial charge in [-0.2, -0.15) is 24.9 Å². The van der Waals surface area contributed by atoms with E-state index in [1.54, 1.807) is 36.4 Å². The standard InChI is InChI=1S/C21H23F3N2O4S/c22-21(23,24)18(27)14-31-11-5-9-17(25)20(29)26(13-16-8-4-10-30-16)19(28)12-15-6-2-1-3-7-15/h1-4,6-8,10,17H,5,9,11-14,25H2/t17-/m0/s1. The van der Waals surface area contributed by atoms with E-state index < -0.39 is 35.6 Å². The van der Waals surface area contributed by atoms with Gasteiger partial charge in [0, 0.05) is 0 Å². The first kappa shape index (κ1) is 24.7. The molecule has 10 heteroatoms. The van der Waals surface area contributed by atoms with Gasteiger partial charge >= 0.3 is 6.18 Å². The summed E-state index contributed by atoms with van der Waals surface area (Å²) in [6.07, 6.45) is -2.91. The van der Waals surface area contributed by atoms with Gasteiger partial charge in [-0.05, 0) is 36.3 Å². The maximum atomic E-state index is 12.8. The number of imide groups is 1. The molecular formula is C21H23F3N2O4S. The molecule has 1 heterocycles. The van der Waals surface area contributed by atoms with Crippen LogP contribution in [0.1, 0.15) is 24.2 Å². The van der Waals surface area contributed by atoms with E-state index in [4.69, 9.17) is 10.2 Å². The fourth-order valence-corrected chi connectivity index (χ4v) is 3.55. The Balaban J connectivity index is 1.91. The summed E-state index contributed by atoms with van der Waals surface area (Å²) < 4.78 is 41.8. The number of thioether (sulfide) groups is 1. The number of benzene rings is 1. The molecule has 0 saturated carbocycles. The lowest BCUT2D eigenvalue weighted by atomic mass is 10.1. The lowest BCUT2D eigenvalue weighted by Crippen LogP contribution is -2.47. The molecule has 0 spiro atoms. The van der Waals surface area contributed by atoms with Crippen molar-refractivity contribution in [3.05, 3.63) is 60.1 Å². The first-order valence-electron chi connectivity index (χ1n) is 9.52. The number of furan rings is 1. The fourth-order valence-electron chi connectivity index (χ4n) is 2.69. The molecule has 0 radical (unpaired) electrons. The highest BCUT2D eigenvalue weighted by atomic mass is 32.2. The highest BCUT2D eigenvalue weighted by Gasteiger charge is 2.37. The first-order chi connectivity index (χ1) is 14.7. The molecule has 2 aromatic rings. The monoisotopic (exact) mass is 456 g/mol. The van der Waals surface area contributed by atoms with Gasteiger partial charge in [-0.1, -0.05) is 30.3 Å². The molecule has 0 aliphatic heterocycles. The van der Waals surface area contributed by atoms with Gasteiger partial charge in [0.2, 0.25) is 17.6 Å². The third kappa shape index (κ3) is 8.22. The zero-order chi connectivity index (χ0) is 22.9. The van der Waals surface area contributed by atoms with E-state index in [1.807, 2.05) is 6.07 Å². The maximum Gasteiger partial charge on any atom is 0.450 e. The van der Waals surface area contributed by atoms with Crippen molar-refractivity contribution in [1.82, 2.24) is 4.90 Å². The quantitative estimate of drug-likeness (QED) is 0.521. The number of carbonyl (C=O) groups excluding carboxylic acids is 3. The van der Waals surface area contributed by atoms with Gasteiger partial charge in [-0.15, -0.1) is 0 Å². The van der Waals surface area contributed by atoms with Crippen LogP contribution in [-0.2, 0) is 27.3 Å². The summed E-state index contributed by atoms with van der Waals surface area (Å²) in [6, 6.07) is 11.2. The smallest absolute Gasteiger partial charge is 0.450 e. The van der Waals surface area contributed by atoms with Gasteiger partial charge < -0.3 is 10.2 Å². The summed E-state index contributed by atoms with van der Waals surface area (Å²) in [7, 11) is 0. The molecule has 0 unspecified atom stereocenters. The summed E-state index contributed by atoms with van der Waals surface area (Å²) >= 11 is 0.830. The summed E-state index contributed by atoms with van der Waals surface area (Å²) in [5.41, 5.74) is 6.70. The normalized spacial score (nSPS) is 12.4. The third-order valence-electron chi connectivity index (χ3n) is 4.33. The van der Waals surface area contributed by atoms with Crippen LogP contribution in [0.2, 0.25) is 0 Å². The SMILES string of the molecule is N[C@@H](CCCSCC(=O)C(F)(F)F)C(=O)N(Cc1ccco1)C(=O)Cc1ccccc1. The number of rotatable bonds is 11. The Labute approximate surface area is 182 Å². The third-order valence-corrected chi connectivity index (χ3v) is 5.37. The van der Waals surface area contributed by atoms with E-state index in [-0.39, 0.29) is 25.1 Å². The Kier molecular flexibility index (Phi) is 9.32. The fraction of sp³-hybridized carbons (Fsp3) is 0.381. The second-order valence-corrected chi connectivity index (χ2v) is 7.89. The highest BCUT2D eigenvalue weighted by Crippen LogP contribution is 2.19. The number of nitrogens with zero attached hydrogens (tertiary/aromatic N) is 1. The minimum Gasteiger partial charge on any atom is -0.467 e. The maximum absolute atomic E-state index is 12.8. The summed E-state index contributed by atoms with van der Waals surface area (Å²) in [4.78, 5) is 37.5. The second kappa shape index (κ2) is 11.7. The Morgan fingerprint density at radius 1 is 1.10 bits per heavy atom. The lowest BCUT2D eigenvalue weighted by molar-refractivity contribution is -0.167. The van der Waals surface area contributed by atoms with Crippen molar-refractivity contribution in [2.24, 2.45) is 5.73 Å². The summed E-state index contributed by atoms with van der Waals surface area (Å²) in [6.45, 7) is -0.0694.